The Kier molecular flexibility index (Phi) is 4.18. The molecule has 2 aromatic rings. The molecule has 0 fully saturated rings. The van der Waals surface area contributed by atoms with Gasteiger partial charge in [0.1, 0.15) is 11.6 Å². The van der Waals surface area contributed by atoms with Crippen molar-refractivity contribution in [1.29, 1.82) is 5.41 Å². The number of carbonyl (C=O) groups is 1. The van der Waals surface area contributed by atoms with E-state index in [0.29, 0.717) is 10.9 Å². The van der Waals surface area contributed by atoms with Crippen LogP contribution in [0, 0.1) is 5.41 Å². The lowest BCUT2D eigenvalue weighted by atomic mass is 10.1. The summed E-state index contributed by atoms with van der Waals surface area (Å²) in [7, 11) is 1.58. The van der Waals surface area contributed by atoms with E-state index in [-0.39, 0.29) is 11.4 Å². The van der Waals surface area contributed by atoms with E-state index in [1.165, 1.54) is 11.8 Å². The van der Waals surface area contributed by atoms with Crippen LogP contribution in [0.15, 0.2) is 70.6 Å². The van der Waals surface area contributed by atoms with Gasteiger partial charge in [-0.2, -0.15) is 4.99 Å². The van der Waals surface area contributed by atoms with Crippen LogP contribution < -0.4 is 4.74 Å². The highest BCUT2D eigenvalue weighted by molar-refractivity contribution is 8.17. The minimum atomic E-state index is -0.414. The molecule has 1 N–H and O–H groups in total. The van der Waals surface area contributed by atoms with Crippen LogP contribution in [0.1, 0.15) is 11.1 Å². The molecule has 0 spiro atoms. The summed E-state index contributed by atoms with van der Waals surface area (Å²) in [5.74, 6) is 0.346. The Hall–Kier alpha value is -3.12. The molecule has 0 saturated heterocycles. The number of amides is 1. The van der Waals surface area contributed by atoms with E-state index in [4.69, 9.17) is 10.1 Å². The fourth-order valence-electron chi connectivity index (χ4n) is 2.86. The van der Waals surface area contributed by atoms with Crippen molar-refractivity contribution >= 4 is 40.4 Å². The predicted molar refractivity (Wildman–Crippen MR) is 105 cm³/mol. The minimum Gasteiger partial charge on any atom is -0.496 e. The van der Waals surface area contributed by atoms with Gasteiger partial charge in [-0.25, -0.2) is 0 Å². The Morgan fingerprint density at radius 2 is 1.85 bits per heavy atom. The number of rotatable bonds is 3. The van der Waals surface area contributed by atoms with Gasteiger partial charge in [-0.1, -0.05) is 60.3 Å². The van der Waals surface area contributed by atoms with Crippen LogP contribution in [0.2, 0.25) is 0 Å². The van der Waals surface area contributed by atoms with Crippen LogP contribution in [0.25, 0.3) is 11.8 Å². The second-order valence-electron chi connectivity index (χ2n) is 5.67. The molecule has 0 radical (unpaired) electrons. The molecule has 0 aromatic heterocycles. The third-order valence-corrected chi connectivity index (χ3v) is 4.95. The molecule has 2 aliphatic rings. The molecule has 4 rings (SSSR count). The molecule has 0 unspecified atom stereocenters. The van der Waals surface area contributed by atoms with Crippen LogP contribution in [-0.2, 0) is 4.79 Å². The summed E-state index contributed by atoms with van der Waals surface area (Å²) in [4.78, 5) is 18.4. The predicted octanol–water partition coefficient (Wildman–Crippen LogP) is 4.00. The van der Waals surface area contributed by atoms with Crippen LogP contribution in [0.5, 0.6) is 5.75 Å². The van der Waals surface area contributed by atoms with Crippen molar-refractivity contribution in [3.8, 4) is 5.75 Å². The number of fused-ring (bicyclic) bond motifs is 1. The summed E-state index contributed by atoms with van der Waals surface area (Å²) < 4.78 is 5.34. The first-order chi connectivity index (χ1) is 12.7. The zero-order chi connectivity index (χ0) is 18.1. The van der Waals surface area contributed by atoms with E-state index >= 15 is 0 Å². The molecule has 128 valence electrons. The number of benzene rings is 2. The highest BCUT2D eigenvalue weighted by Crippen LogP contribution is 2.37. The molecule has 2 aliphatic heterocycles. The molecular weight excluding hydrogens is 346 g/mol. The monoisotopic (exact) mass is 361 g/mol. The number of aliphatic imine (C=N–C) groups is 1. The first-order valence-corrected chi connectivity index (χ1v) is 8.86. The number of hydrogen-bond acceptors (Lipinski definition) is 4. The second-order valence-corrected chi connectivity index (χ2v) is 6.51. The largest absolute Gasteiger partial charge is 0.496 e. The molecule has 5 nitrogen and oxygen atoms in total. The molecular formula is C20H15N3O2S. The van der Waals surface area contributed by atoms with Gasteiger partial charge < -0.3 is 4.74 Å². The van der Waals surface area contributed by atoms with Crippen LogP contribution in [0.3, 0.4) is 0 Å². The summed E-state index contributed by atoms with van der Waals surface area (Å²) in [5.41, 5.74) is 2.79. The topological polar surface area (TPSA) is 65.8 Å². The molecule has 6 heteroatoms. The van der Waals surface area contributed by atoms with Crippen molar-refractivity contribution in [1.82, 2.24) is 4.90 Å². The maximum atomic E-state index is 12.5. The Labute approximate surface area is 155 Å². The van der Waals surface area contributed by atoms with Gasteiger partial charge in [0, 0.05) is 11.0 Å². The fourth-order valence-corrected chi connectivity index (χ4v) is 3.74. The maximum absolute atomic E-state index is 12.5. The Balaban J connectivity index is 1.76. The number of amidine groups is 2. The normalized spacial score (nSPS) is 17.9. The van der Waals surface area contributed by atoms with Crippen molar-refractivity contribution in [3.05, 3.63) is 76.7 Å². The van der Waals surface area contributed by atoms with Crippen LogP contribution >= 0.6 is 11.8 Å². The third kappa shape index (κ3) is 2.74. The quantitative estimate of drug-likeness (QED) is 0.839. The maximum Gasteiger partial charge on any atom is 0.283 e. The second kappa shape index (κ2) is 6.65. The third-order valence-electron chi connectivity index (χ3n) is 4.12. The average Bonchev–Trinajstić information content (AvgIpc) is 3.10. The van der Waals surface area contributed by atoms with Gasteiger partial charge in [-0.3, -0.25) is 15.1 Å². The van der Waals surface area contributed by atoms with Crippen molar-refractivity contribution in [3.63, 3.8) is 0 Å². The molecule has 0 atom stereocenters. The van der Waals surface area contributed by atoms with Crippen molar-refractivity contribution in [2.24, 2.45) is 4.99 Å². The van der Waals surface area contributed by atoms with Crippen LogP contribution in [-0.4, -0.2) is 28.9 Å². The average molecular weight is 361 g/mol. The molecule has 2 aromatic carbocycles. The SMILES string of the molecule is COc1ccccc1/C=C1/C(=N)N2C(c3ccccc3)=CSC2=NC1=O. The van der Waals surface area contributed by atoms with E-state index in [9.17, 15) is 4.79 Å². The molecule has 0 aliphatic carbocycles. The number of nitrogens with zero attached hydrogens (tertiary/aromatic N) is 2. The Morgan fingerprint density at radius 1 is 1.12 bits per heavy atom. The van der Waals surface area contributed by atoms with Crippen molar-refractivity contribution < 1.29 is 9.53 Å². The van der Waals surface area contributed by atoms with Crippen LogP contribution in [0.4, 0.5) is 0 Å². The Morgan fingerprint density at radius 3 is 2.62 bits per heavy atom. The highest BCUT2D eigenvalue weighted by atomic mass is 32.2. The summed E-state index contributed by atoms with van der Waals surface area (Å²) in [6.45, 7) is 0. The van der Waals surface area contributed by atoms with Gasteiger partial charge in [0.25, 0.3) is 5.91 Å². The molecule has 2 heterocycles. The molecule has 1 amide bonds. The lowest BCUT2D eigenvalue weighted by Gasteiger charge is -2.27. The summed E-state index contributed by atoms with van der Waals surface area (Å²) >= 11 is 1.35. The first-order valence-electron chi connectivity index (χ1n) is 7.98. The summed E-state index contributed by atoms with van der Waals surface area (Å²) in [6, 6.07) is 17.2. The van der Waals surface area contributed by atoms with Gasteiger partial charge in [-0.15, -0.1) is 0 Å². The van der Waals surface area contributed by atoms with Crippen molar-refractivity contribution in [2.45, 2.75) is 0 Å². The lowest BCUT2D eigenvalue weighted by Crippen LogP contribution is -2.38. The van der Waals surface area contributed by atoms with Gasteiger partial charge in [0.2, 0.25) is 0 Å². The lowest BCUT2D eigenvalue weighted by molar-refractivity contribution is -0.114. The van der Waals surface area contributed by atoms with E-state index < -0.39 is 5.91 Å². The molecule has 0 saturated carbocycles. The van der Waals surface area contributed by atoms with Gasteiger partial charge in [-0.05, 0) is 17.7 Å². The number of thioether (sulfide) groups is 1. The zero-order valence-corrected chi connectivity index (χ0v) is 14.8. The fraction of sp³-hybridized carbons (Fsp3) is 0.0500. The van der Waals surface area contributed by atoms with E-state index in [1.54, 1.807) is 18.1 Å². The number of para-hydroxylation sites is 1. The minimum absolute atomic E-state index is 0.117. The van der Waals surface area contributed by atoms with E-state index in [0.717, 1.165) is 16.8 Å². The van der Waals surface area contributed by atoms with E-state index in [2.05, 4.69) is 4.99 Å². The molecule has 26 heavy (non-hydrogen) atoms. The number of methoxy groups -OCH3 is 1. The summed E-state index contributed by atoms with van der Waals surface area (Å²) in [5, 5.41) is 11.1. The highest BCUT2D eigenvalue weighted by Gasteiger charge is 2.36. The van der Waals surface area contributed by atoms with Crippen molar-refractivity contribution in [2.75, 3.05) is 7.11 Å². The number of carbonyl (C=O) groups excluding carboxylic acids is 1. The smallest absolute Gasteiger partial charge is 0.283 e. The zero-order valence-electron chi connectivity index (χ0n) is 14.0. The standard InChI is InChI=1S/C20H15N3O2S/c1-25-17-10-6-5-9-14(17)11-15-18(21)23-16(13-7-3-2-4-8-13)12-26-20(23)22-19(15)24/h2-12,21H,1H3/b15-11-,21-18?. The number of hydrogen-bond donors (Lipinski definition) is 1. The van der Waals surface area contributed by atoms with Gasteiger partial charge in [0.05, 0.1) is 18.4 Å². The van der Waals surface area contributed by atoms with E-state index in [1.807, 2.05) is 60.0 Å². The summed E-state index contributed by atoms with van der Waals surface area (Å²) in [6.07, 6.45) is 1.66. The van der Waals surface area contributed by atoms with Gasteiger partial charge >= 0.3 is 0 Å². The van der Waals surface area contributed by atoms with Gasteiger partial charge in [0.15, 0.2) is 5.17 Å². The Bertz CT molecular complexity index is 993. The molecule has 0 bridgehead atoms. The first kappa shape index (κ1) is 16.4. The number of ether oxygens (including phenoxy) is 1. The number of nitrogens with one attached hydrogen (secondary N) is 1.